The van der Waals surface area contributed by atoms with E-state index in [1.807, 2.05) is 49.4 Å². The van der Waals surface area contributed by atoms with E-state index in [1.165, 1.54) is 0 Å². The first-order valence-electron chi connectivity index (χ1n) is 8.63. The number of anilines is 1. The van der Waals surface area contributed by atoms with Crippen molar-refractivity contribution in [3.63, 3.8) is 0 Å². The minimum atomic E-state index is -0.378. The maximum absolute atomic E-state index is 12.5. The van der Waals surface area contributed by atoms with Crippen LogP contribution in [0.15, 0.2) is 48.5 Å². The molecule has 26 heavy (non-hydrogen) atoms. The normalized spacial score (nSPS) is 16.6. The molecule has 0 spiro atoms. The lowest BCUT2D eigenvalue weighted by molar-refractivity contribution is -0.126. The molecule has 1 N–H and O–H groups in total. The van der Waals surface area contributed by atoms with Gasteiger partial charge in [0.25, 0.3) is 0 Å². The molecule has 1 aliphatic rings. The minimum absolute atomic E-state index is 0.0694. The number of para-hydroxylation sites is 2. The van der Waals surface area contributed by atoms with Crippen molar-refractivity contribution < 1.29 is 14.3 Å². The summed E-state index contributed by atoms with van der Waals surface area (Å²) in [7, 11) is 0. The van der Waals surface area contributed by atoms with Crippen LogP contribution in [0.25, 0.3) is 0 Å². The van der Waals surface area contributed by atoms with Gasteiger partial charge in [0.15, 0.2) is 0 Å². The summed E-state index contributed by atoms with van der Waals surface area (Å²) in [4.78, 5) is 26.6. The van der Waals surface area contributed by atoms with E-state index in [0.29, 0.717) is 36.2 Å². The molecule has 0 aromatic heterocycles. The molecule has 0 radical (unpaired) electrons. The van der Waals surface area contributed by atoms with Crippen molar-refractivity contribution in [3.05, 3.63) is 59.1 Å². The summed E-state index contributed by atoms with van der Waals surface area (Å²) < 4.78 is 5.60. The zero-order chi connectivity index (χ0) is 18.5. The van der Waals surface area contributed by atoms with Crippen molar-refractivity contribution in [2.75, 3.05) is 18.1 Å². The Morgan fingerprint density at radius 2 is 2.08 bits per heavy atom. The molecule has 5 nitrogen and oxygen atoms in total. The first-order valence-corrected chi connectivity index (χ1v) is 9.00. The molecular weight excluding hydrogens is 352 g/mol. The minimum Gasteiger partial charge on any atom is -0.492 e. The van der Waals surface area contributed by atoms with E-state index in [4.69, 9.17) is 16.3 Å². The van der Waals surface area contributed by atoms with E-state index in [0.717, 1.165) is 5.56 Å². The summed E-state index contributed by atoms with van der Waals surface area (Å²) in [6, 6.07) is 14.7. The fraction of sp³-hybridized carbons (Fsp3) is 0.300. The smallest absolute Gasteiger partial charge is 0.227 e. The van der Waals surface area contributed by atoms with E-state index in [9.17, 15) is 9.59 Å². The summed E-state index contributed by atoms with van der Waals surface area (Å²) in [6.07, 6.45) is 0.196. The number of benzene rings is 2. The third-order valence-electron chi connectivity index (χ3n) is 4.31. The van der Waals surface area contributed by atoms with E-state index in [2.05, 4.69) is 5.32 Å². The SMILES string of the molecule is CCOc1ccccc1N1CC(C(=O)NCc2cccc(Cl)c2)CC1=O. The van der Waals surface area contributed by atoms with Crippen molar-refractivity contribution in [2.45, 2.75) is 19.9 Å². The van der Waals surface area contributed by atoms with Gasteiger partial charge in [-0.3, -0.25) is 9.59 Å². The van der Waals surface area contributed by atoms with E-state index < -0.39 is 0 Å². The lowest BCUT2D eigenvalue weighted by Gasteiger charge is -2.20. The number of hydrogen-bond acceptors (Lipinski definition) is 3. The Morgan fingerprint density at radius 1 is 1.27 bits per heavy atom. The lowest BCUT2D eigenvalue weighted by atomic mass is 10.1. The largest absolute Gasteiger partial charge is 0.492 e. The van der Waals surface area contributed by atoms with Crippen molar-refractivity contribution >= 4 is 29.1 Å². The summed E-state index contributed by atoms with van der Waals surface area (Å²) in [5.74, 6) is 0.0782. The van der Waals surface area contributed by atoms with E-state index in [-0.39, 0.29) is 24.2 Å². The highest BCUT2D eigenvalue weighted by Gasteiger charge is 2.36. The summed E-state index contributed by atoms with van der Waals surface area (Å²) in [6.45, 7) is 3.15. The predicted octanol–water partition coefficient (Wildman–Crippen LogP) is 3.41. The Labute approximate surface area is 157 Å². The average molecular weight is 373 g/mol. The first-order chi connectivity index (χ1) is 12.6. The quantitative estimate of drug-likeness (QED) is 0.845. The number of ether oxygens (including phenoxy) is 1. The van der Waals surface area contributed by atoms with Gasteiger partial charge < -0.3 is 15.0 Å². The second kappa shape index (κ2) is 8.23. The molecule has 6 heteroatoms. The Balaban J connectivity index is 1.65. The molecule has 3 rings (SSSR count). The zero-order valence-corrected chi connectivity index (χ0v) is 15.3. The number of hydrogen-bond donors (Lipinski definition) is 1. The molecule has 1 aliphatic heterocycles. The fourth-order valence-electron chi connectivity index (χ4n) is 3.05. The van der Waals surface area contributed by atoms with Gasteiger partial charge in [-0.25, -0.2) is 0 Å². The third kappa shape index (κ3) is 4.17. The summed E-state index contributed by atoms with van der Waals surface area (Å²) in [5.41, 5.74) is 1.64. The molecule has 0 aliphatic carbocycles. The molecule has 2 aromatic rings. The van der Waals surface area contributed by atoms with Gasteiger partial charge in [-0.15, -0.1) is 0 Å². The van der Waals surface area contributed by atoms with Crippen LogP contribution in [0.5, 0.6) is 5.75 Å². The van der Waals surface area contributed by atoms with Gasteiger partial charge in [-0.1, -0.05) is 35.9 Å². The van der Waals surface area contributed by atoms with Crippen LogP contribution in [0.3, 0.4) is 0 Å². The molecule has 1 saturated heterocycles. The monoisotopic (exact) mass is 372 g/mol. The van der Waals surface area contributed by atoms with Crippen LogP contribution >= 0.6 is 11.6 Å². The topological polar surface area (TPSA) is 58.6 Å². The molecule has 2 amide bonds. The van der Waals surface area contributed by atoms with Crippen LogP contribution in [-0.2, 0) is 16.1 Å². The Hall–Kier alpha value is -2.53. The van der Waals surface area contributed by atoms with Gasteiger partial charge in [0, 0.05) is 24.5 Å². The highest BCUT2D eigenvalue weighted by Crippen LogP contribution is 2.33. The standard InChI is InChI=1S/C20H21ClN2O3/c1-2-26-18-9-4-3-8-17(18)23-13-15(11-19(23)24)20(25)22-12-14-6-5-7-16(21)10-14/h3-10,15H,2,11-13H2,1H3,(H,22,25). The zero-order valence-electron chi connectivity index (χ0n) is 14.6. The molecule has 1 fully saturated rings. The number of carbonyl (C=O) groups is 2. The number of rotatable bonds is 6. The summed E-state index contributed by atoms with van der Waals surface area (Å²) >= 11 is 5.96. The van der Waals surface area contributed by atoms with Crippen LogP contribution in [0, 0.1) is 5.92 Å². The van der Waals surface area contributed by atoms with Gasteiger partial charge in [-0.2, -0.15) is 0 Å². The van der Waals surface area contributed by atoms with Crippen LogP contribution in [0.4, 0.5) is 5.69 Å². The average Bonchev–Trinajstić information content (AvgIpc) is 3.02. The number of nitrogens with one attached hydrogen (secondary N) is 1. The predicted molar refractivity (Wildman–Crippen MR) is 101 cm³/mol. The molecule has 1 heterocycles. The molecule has 0 bridgehead atoms. The van der Waals surface area contributed by atoms with Crippen LogP contribution in [0.1, 0.15) is 18.9 Å². The Kier molecular flexibility index (Phi) is 5.78. The third-order valence-corrected chi connectivity index (χ3v) is 4.54. The van der Waals surface area contributed by atoms with Crippen molar-refractivity contribution in [1.82, 2.24) is 5.32 Å². The molecule has 1 atom stereocenters. The maximum Gasteiger partial charge on any atom is 0.227 e. The second-order valence-electron chi connectivity index (χ2n) is 6.15. The van der Waals surface area contributed by atoms with Crippen LogP contribution < -0.4 is 15.0 Å². The second-order valence-corrected chi connectivity index (χ2v) is 6.59. The number of nitrogens with zero attached hydrogens (tertiary/aromatic N) is 1. The van der Waals surface area contributed by atoms with Crippen molar-refractivity contribution in [2.24, 2.45) is 5.92 Å². The number of halogens is 1. The molecule has 1 unspecified atom stereocenters. The molecular formula is C20H21ClN2O3. The van der Waals surface area contributed by atoms with E-state index in [1.54, 1.807) is 11.0 Å². The summed E-state index contributed by atoms with van der Waals surface area (Å²) in [5, 5.41) is 3.52. The highest BCUT2D eigenvalue weighted by atomic mass is 35.5. The van der Waals surface area contributed by atoms with Crippen molar-refractivity contribution in [1.29, 1.82) is 0 Å². The van der Waals surface area contributed by atoms with E-state index >= 15 is 0 Å². The molecule has 0 saturated carbocycles. The van der Waals surface area contributed by atoms with Gasteiger partial charge >= 0.3 is 0 Å². The molecule has 2 aromatic carbocycles. The van der Waals surface area contributed by atoms with Gasteiger partial charge in [0.05, 0.1) is 18.2 Å². The fourth-order valence-corrected chi connectivity index (χ4v) is 3.27. The van der Waals surface area contributed by atoms with Crippen LogP contribution in [-0.4, -0.2) is 25.0 Å². The lowest BCUT2D eigenvalue weighted by Crippen LogP contribution is -2.32. The first kappa shape index (κ1) is 18.3. The van der Waals surface area contributed by atoms with Crippen molar-refractivity contribution in [3.8, 4) is 5.75 Å². The van der Waals surface area contributed by atoms with Gasteiger partial charge in [0.1, 0.15) is 5.75 Å². The van der Waals surface area contributed by atoms with Gasteiger partial charge in [0.2, 0.25) is 11.8 Å². The number of carbonyl (C=O) groups excluding carboxylic acids is 2. The van der Waals surface area contributed by atoms with Gasteiger partial charge in [-0.05, 0) is 36.8 Å². The Morgan fingerprint density at radius 3 is 2.85 bits per heavy atom. The van der Waals surface area contributed by atoms with Crippen LogP contribution in [0.2, 0.25) is 5.02 Å². The Bertz CT molecular complexity index is 809. The molecule has 136 valence electrons. The highest BCUT2D eigenvalue weighted by molar-refractivity contribution is 6.30. The number of amides is 2. The maximum atomic E-state index is 12.5.